The highest BCUT2D eigenvalue weighted by Crippen LogP contribution is 2.33. The van der Waals surface area contributed by atoms with Crippen LogP contribution in [0.3, 0.4) is 0 Å². The van der Waals surface area contributed by atoms with Crippen molar-refractivity contribution in [1.82, 2.24) is 9.78 Å². The fraction of sp³-hybridized carbons (Fsp3) is 0.478. The summed E-state index contributed by atoms with van der Waals surface area (Å²) in [6, 6.07) is 3.11. The molecule has 2 aromatic rings. The Bertz CT molecular complexity index is 1090. The lowest BCUT2D eigenvalue weighted by Gasteiger charge is -2.17. The largest absolute Gasteiger partial charge is 0.475 e. The zero-order chi connectivity index (χ0) is 22.8. The van der Waals surface area contributed by atoms with Crippen molar-refractivity contribution in [1.29, 1.82) is 0 Å². The number of ketones is 1. The Morgan fingerprint density at radius 3 is 2.30 bits per heavy atom. The number of carbonyl (C=O) groups excluding carboxylic acids is 1. The molecule has 0 aliphatic heterocycles. The summed E-state index contributed by atoms with van der Waals surface area (Å²) >= 11 is 0. The van der Waals surface area contributed by atoms with Crippen LogP contribution in [0.5, 0.6) is 5.88 Å². The fourth-order valence-corrected chi connectivity index (χ4v) is 4.34. The number of nitrogens with zero attached hydrogens (tertiary/aromatic N) is 2. The van der Waals surface area contributed by atoms with Gasteiger partial charge in [0.2, 0.25) is 5.88 Å². The SMILES string of the molecule is CCCn1ncc(C(=O)c2ccc(S(C)(=O)=O)c(C(C)=C(C)C)c2C)c1OC(C)C. The summed E-state index contributed by atoms with van der Waals surface area (Å²) in [6.45, 7) is 14.0. The monoisotopic (exact) mass is 432 g/mol. The van der Waals surface area contributed by atoms with E-state index in [1.807, 2.05) is 41.5 Å². The Labute approximate surface area is 179 Å². The van der Waals surface area contributed by atoms with Gasteiger partial charge >= 0.3 is 0 Å². The highest BCUT2D eigenvalue weighted by molar-refractivity contribution is 7.90. The fourth-order valence-electron chi connectivity index (χ4n) is 3.35. The molecule has 0 fully saturated rings. The number of ether oxygens (including phenoxy) is 1. The second-order valence-electron chi connectivity index (χ2n) is 8.09. The summed E-state index contributed by atoms with van der Waals surface area (Å²) in [5, 5.41) is 4.34. The lowest BCUT2D eigenvalue weighted by atomic mass is 9.91. The van der Waals surface area contributed by atoms with Gasteiger partial charge in [-0.05, 0) is 76.8 Å². The van der Waals surface area contributed by atoms with E-state index in [1.54, 1.807) is 17.7 Å². The Kier molecular flexibility index (Phi) is 7.29. The summed E-state index contributed by atoms with van der Waals surface area (Å²) in [5.74, 6) is 0.220. The van der Waals surface area contributed by atoms with Gasteiger partial charge in [0.25, 0.3) is 0 Å². The van der Waals surface area contributed by atoms with Crippen molar-refractivity contribution in [3.63, 3.8) is 0 Å². The number of carbonyl (C=O) groups is 1. The zero-order valence-corrected chi connectivity index (χ0v) is 20.0. The van der Waals surface area contributed by atoms with Crippen LogP contribution in [0.4, 0.5) is 0 Å². The number of aromatic nitrogens is 2. The van der Waals surface area contributed by atoms with Gasteiger partial charge in [-0.15, -0.1) is 0 Å². The molecule has 0 aliphatic carbocycles. The number of aryl methyl sites for hydroxylation is 1. The van der Waals surface area contributed by atoms with Gasteiger partial charge in [0, 0.05) is 18.4 Å². The summed E-state index contributed by atoms with van der Waals surface area (Å²) in [5.41, 5.74) is 3.90. The number of benzene rings is 1. The summed E-state index contributed by atoms with van der Waals surface area (Å²) in [7, 11) is -3.46. The smallest absolute Gasteiger partial charge is 0.223 e. The normalized spacial score (nSPS) is 11.6. The maximum Gasteiger partial charge on any atom is 0.223 e. The Morgan fingerprint density at radius 1 is 1.17 bits per heavy atom. The molecule has 1 aromatic carbocycles. The third kappa shape index (κ3) is 4.83. The van der Waals surface area contributed by atoms with Crippen molar-refractivity contribution < 1.29 is 17.9 Å². The van der Waals surface area contributed by atoms with Crippen LogP contribution in [0.1, 0.15) is 75.0 Å². The summed E-state index contributed by atoms with van der Waals surface area (Å²) in [4.78, 5) is 13.7. The van der Waals surface area contributed by atoms with Gasteiger partial charge in [-0.1, -0.05) is 12.5 Å². The van der Waals surface area contributed by atoms with Crippen molar-refractivity contribution in [3.05, 3.63) is 46.2 Å². The first-order valence-corrected chi connectivity index (χ1v) is 12.0. The molecule has 0 saturated carbocycles. The van der Waals surface area contributed by atoms with E-state index in [4.69, 9.17) is 4.74 Å². The van der Waals surface area contributed by atoms with Crippen LogP contribution in [0.2, 0.25) is 0 Å². The summed E-state index contributed by atoms with van der Waals surface area (Å²) < 4.78 is 32.4. The highest BCUT2D eigenvalue weighted by atomic mass is 32.2. The molecule has 164 valence electrons. The van der Waals surface area contributed by atoms with Crippen LogP contribution in [-0.2, 0) is 16.4 Å². The van der Waals surface area contributed by atoms with Crippen molar-refractivity contribution in [2.24, 2.45) is 0 Å². The van der Waals surface area contributed by atoms with Crippen molar-refractivity contribution >= 4 is 21.2 Å². The first kappa shape index (κ1) is 23.9. The van der Waals surface area contributed by atoms with Crippen LogP contribution in [-0.4, -0.2) is 36.3 Å². The third-order valence-corrected chi connectivity index (χ3v) is 6.15. The van der Waals surface area contributed by atoms with Crippen LogP contribution < -0.4 is 4.74 Å². The van der Waals surface area contributed by atoms with E-state index in [9.17, 15) is 13.2 Å². The molecule has 7 heteroatoms. The third-order valence-electron chi connectivity index (χ3n) is 5.01. The van der Waals surface area contributed by atoms with Crippen molar-refractivity contribution in [3.8, 4) is 5.88 Å². The van der Waals surface area contributed by atoms with Gasteiger partial charge in [0.05, 0.1) is 17.2 Å². The second-order valence-corrected chi connectivity index (χ2v) is 10.1. The van der Waals surface area contributed by atoms with Crippen molar-refractivity contribution in [2.45, 2.75) is 72.4 Å². The maximum atomic E-state index is 13.5. The molecule has 0 saturated heterocycles. The van der Waals surface area contributed by atoms with E-state index in [1.165, 1.54) is 18.5 Å². The average Bonchev–Trinajstić information content (AvgIpc) is 3.01. The molecule has 0 unspecified atom stereocenters. The Balaban J connectivity index is 2.73. The number of hydrogen-bond donors (Lipinski definition) is 0. The molecular formula is C23H32N2O4S. The van der Waals surface area contributed by atoms with Gasteiger partial charge in [-0.25, -0.2) is 13.1 Å². The van der Waals surface area contributed by atoms with Gasteiger partial charge in [0.1, 0.15) is 5.56 Å². The molecule has 0 spiro atoms. The van der Waals surface area contributed by atoms with Gasteiger partial charge in [-0.3, -0.25) is 4.79 Å². The average molecular weight is 433 g/mol. The van der Waals surface area contributed by atoms with Crippen LogP contribution >= 0.6 is 0 Å². The predicted molar refractivity (Wildman–Crippen MR) is 120 cm³/mol. The molecule has 1 heterocycles. The lowest BCUT2D eigenvalue weighted by Crippen LogP contribution is -2.15. The van der Waals surface area contributed by atoms with E-state index in [0.29, 0.717) is 34.7 Å². The lowest BCUT2D eigenvalue weighted by molar-refractivity contribution is 0.103. The van der Waals surface area contributed by atoms with Gasteiger partial charge < -0.3 is 4.74 Å². The molecule has 0 amide bonds. The molecule has 0 atom stereocenters. The molecule has 0 radical (unpaired) electrons. The standard InChI is InChI=1S/C23H32N2O4S/c1-9-12-25-23(29-15(4)5)19(13-24-25)22(26)18-10-11-20(30(8,27)28)21(17(18)7)16(6)14(2)3/h10-11,13,15H,9,12H2,1-8H3. The minimum Gasteiger partial charge on any atom is -0.475 e. The number of sulfone groups is 1. The molecular weight excluding hydrogens is 400 g/mol. The van der Waals surface area contributed by atoms with E-state index in [0.717, 1.165) is 17.6 Å². The van der Waals surface area contributed by atoms with E-state index >= 15 is 0 Å². The van der Waals surface area contributed by atoms with Gasteiger partial charge in [-0.2, -0.15) is 5.10 Å². The van der Waals surface area contributed by atoms with Crippen LogP contribution in [0, 0.1) is 6.92 Å². The molecule has 0 N–H and O–H groups in total. The maximum absolute atomic E-state index is 13.5. The van der Waals surface area contributed by atoms with Gasteiger partial charge in [0.15, 0.2) is 15.6 Å². The number of rotatable bonds is 8. The van der Waals surface area contributed by atoms with Crippen LogP contribution in [0.15, 0.2) is 28.8 Å². The number of hydrogen-bond acceptors (Lipinski definition) is 5. The first-order valence-electron chi connectivity index (χ1n) is 10.1. The topological polar surface area (TPSA) is 78.3 Å². The van der Waals surface area contributed by atoms with E-state index in [2.05, 4.69) is 5.10 Å². The Hall–Kier alpha value is -2.41. The first-order chi connectivity index (χ1) is 13.9. The minimum atomic E-state index is -3.46. The highest BCUT2D eigenvalue weighted by Gasteiger charge is 2.26. The number of allylic oxidation sites excluding steroid dienone is 2. The quantitative estimate of drug-likeness (QED) is 0.558. The zero-order valence-electron chi connectivity index (χ0n) is 19.2. The molecule has 0 aliphatic rings. The van der Waals surface area contributed by atoms with E-state index in [-0.39, 0.29) is 16.8 Å². The Morgan fingerprint density at radius 2 is 1.80 bits per heavy atom. The molecule has 30 heavy (non-hydrogen) atoms. The summed E-state index contributed by atoms with van der Waals surface area (Å²) in [6.07, 6.45) is 3.47. The van der Waals surface area contributed by atoms with E-state index < -0.39 is 9.84 Å². The molecule has 0 bridgehead atoms. The molecule has 1 aromatic heterocycles. The molecule has 6 nitrogen and oxygen atoms in total. The second kappa shape index (κ2) is 9.16. The minimum absolute atomic E-state index is 0.110. The van der Waals surface area contributed by atoms with Crippen LogP contribution in [0.25, 0.3) is 5.57 Å². The molecule has 2 rings (SSSR count). The van der Waals surface area contributed by atoms with Crippen molar-refractivity contribution in [2.75, 3.05) is 6.26 Å². The predicted octanol–water partition coefficient (Wildman–Crippen LogP) is 4.84.